The fourth-order valence-corrected chi connectivity index (χ4v) is 3.23. The van der Waals surface area contributed by atoms with E-state index >= 15 is 0 Å². The summed E-state index contributed by atoms with van der Waals surface area (Å²) in [6.45, 7) is 3.94. The maximum absolute atomic E-state index is 4.72. The van der Waals surface area contributed by atoms with Crippen molar-refractivity contribution in [3.8, 4) is 0 Å². The number of nitrogens with zero attached hydrogens (tertiary/aromatic N) is 7. The van der Waals surface area contributed by atoms with Crippen molar-refractivity contribution in [1.82, 2.24) is 24.6 Å². The van der Waals surface area contributed by atoms with Crippen molar-refractivity contribution in [2.24, 2.45) is 0 Å². The zero-order chi connectivity index (χ0) is 16.5. The van der Waals surface area contributed by atoms with Crippen molar-refractivity contribution in [3.63, 3.8) is 0 Å². The van der Waals surface area contributed by atoms with Crippen molar-refractivity contribution in [3.05, 3.63) is 42.5 Å². The predicted molar refractivity (Wildman–Crippen MR) is 93.4 cm³/mol. The molecule has 3 aromatic rings. The highest BCUT2D eigenvalue weighted by Gasteiger charge is 2.25. The number of rotatable bonds is 3. The van der Waals surface area contributed by atoms with Gasteiger partial charge in [-0.3, -0.25) is 0 Å². The molecule has 0 saturated carbocycles. The van der Waals surface area contributed by atoms with Crippen molar-refractivity contribution in [1.29, 1.82) is 0 Å². The van der Waals surface area contributed by atoms with Gasteiger partial charge in [0.25, 0.3) is 0 Å². The Morgan fingerprint density at radius 2 is 2.08 bits per heavy atom. The van der Waals surface area contributed by atoms with Gasteiger partial charge in [0.2, 0.25) is 5.95 Å². The van der Waals surface area contributed by atoms with E-state index in [1.165, 1.54) is 0 Å². The maximum atomic E-state index is 4.72. The van der Waals surface area contributed by atoms with Gasteiger partial charge in [-0.15, -0.1) is 0 Å². The highest BCUT2D eigenvalue weighted by Crippen LogP contribution is 2.22. The smallest absolute Gasteiger partial charge is 0.225 e. The standard InChI is InChI=1S/C17H21N7/c1-13-5-8-18-17(20-13)22(2)14-4-3-10-23(12-14)15-7-11-24-16(21-15)6-9-19-24/h5-9,11,14H,3-4,10,12H2,1-2H3. The molecule has 1 atom stereocenters. The van der Waals surface area contributed by atoms with E-state index in [2.05, 4.69) is 31.9 Å². The Kier molecular flexibility index (Phi) is 3.76. The number of hydrogen-bond donors (Lipinski definition) is 0. The van der Waals surface area contributed by atoms with Crippen molar-refractivity contribution in [2.45, 2.75) is 25.8 Å². The van der Waals surface area contributed by atoms with Gasteiger partial charge in [-0.05, 0) is 31.9 Å². The first-order valence-electron chi connectivity index (χ1n) is 8.28. The molecule has 4 heterocycles. The van der Waals surface area contributed by atoms with E-state index in [0.717, 1.165) is 49.0 Å². The predicted octanol–water partition coefficient (Wildman–Crippen LogP) is 1.93. The summed E-state index contributed by atoms with van der Waals surface area (Å²) in [5.41, 5.74) is 1.87. The van der Waals surface area contributed by atoms with Gasteiger partial charge in [0, 0.05) is 50.3 Å². The summed E-state index contributed by atoms with van der Waals surface area (Å²) < 4.78 is 1.79. The molecule has 1 aliphatic heterocycles. The molecule has 0 amide bonds. The summed E-state index contributed by atoms with van der Waals surface area (Å²) in [4.78, 5) is 18.2. The van der Waals surface area contributed by atoms with Crippen LogP contribution < -0.4 is 9.80 Å². The molecule has 0 radical (unpaired) electrons. The number of anilines is 2. The molecule has 0 aliphatic carbocycles. The van der Waals surface area contributed by atoms with E-state index in [-0.39, 0.29) is 0 Å². The molecule has 4 rings (SSSR count). The van der Waals surface area contributed by atoms with Gasteiger partial charge < -0.3 is 9.80 Å². The fourth-order valence-electron chi connectivity index (χ4n) is 3.23. The van der Waals surface area contributed by atoms with E-state index < -0.39 is 0 Å². The minimum Gasteiger partial charge on any atom is -0.354 e. The van der Waals surface area contributed by atoms with Gasteiger partial charge in [-0.1, -0.05) is 0 Å². The van der Waals surface area contributed by atoms with Gasteiger partial charge in [-0.2, -0.15) is 5.10 Å². The van der Waals surface area contributed by atoms with Crippen LogP contribution >= 0.6 is 0 Å². The monoisotopic (exact) mass is 323 g/mol. The largest absolute Gasteiger partial charge is 0.354 e. The first-order chi connectivity index (χ1) is 11.7. The highest BCUT2D eigenvalue weighted by molar-refractivity contribution is 5.48. The molecule has 3 aromatic heterocycles. The van der Waals surface area contributed by atoms with Crippen LogP contribution in [-0.4, -0.2) is 50.7 Å². The number of aryl methyl sites for hydroxylation is 1. The summed E-state index contributed by atoms with van der Waals surface area (Å²) in [6, 6.07) is 6.27. The normalized spacial score (nSPS) is 18.1. The van der Waals surface area contributed by atoms with E-state index in [4.69, 9.17) is 4.98 Å². The summed E-state index contributed by atoms with van der Waals surface area (Å²) >= 11 is 0. The zero-order valence-corrected chi connectivity index (χ0v) is 14.0. The van der Waals surface area contributed by atoms with Crippen LogP contribution in [0.5, 0.6) is 0 Å². The third kappa shape index (κ3) is 2.77. The van der Waals surface area contributed by atoms with Crippen LogP contribution in [0.25, 0.3) is 5.65 Å². The lowest BCUT2D eigenvalue weighted by Crippen LogP contribution is -2.47. The average molecular weight is 323 g/mol. The molecule has 24 heavy (non-hydrogen) atoms. The number of likely N-dealkylation sites (N-methyl/N-ethyl adjacent to an activating group) is 1. The summed E-state index contributed by atoms with van der Waals surface area (Å²) in [7, 11) is 2.08. The molecular weight excluding hydrogens is 302 g/mol. The first kappa shape index (κ1) is 14.9. The molecule has 0 aromatic carbocycles. The Bertz CT molecular complexity index is 844. The second-order valence-corrected chi connectivity index (χ2v) is 6.27. The SMILES string of the molecule is Cc1ccnc(N(C)C2CCCN(c3ccn4nccc4n3)C2)n1. The summed E-state index contributed by atoms with van der Waals surface area (Å²) in [5, 5.41) is 4.21. The molecule has 1 saturated heterocycles. The Labute approximate surface area is 141 Å². The van der Waals surface area contributed by atoms with Crippen LogP contribution in [0, 0.1) is 6.92 Å². The minimum atomic E-state index is 0.378. The summed E-state index contributed by atoms with van der Waals surface area (Å²) in [5.74, 6) is 1.80. The van der Waals surface area contributed by atoms with Gasteiger partial charge in [0.1, 0.15) is 5.82 Å². The quantitative estimate of drug-likeness (QED) is 0.734. The third-order valence-electron chi connectivity index (χ3n) is 4.61. The highest BCUT2D eigenvalue weighted by atomic mass is 15.3. The van der Waals surface area contributed by atoms with E-state index in [1.807, 2.05) is 37.5 Å². The lowest BCUT2D eigenvalue weighted by atomic mass is 10.0. The van der Waals surface area contributed by atoms with Crippen LogP contribution in [0.15, 0.2) is 36.8 Å². The molecule has 1 unspecified atom stereocenters. The minimum absolute atomic E-state index is 0.378. The van der Waals surface area contributed by atoms with E-state index in [1.54, 1.807) is 10.7 Å². The van der Waals surface area contributed by atoms with Gasteiger partial charge in [0.15, 0.2) is 5.65 Å². The maximum Gasteiger partial charge on any atom is 0.225 e. The number of piperidine rings is 1. The summed E-state index contributed by atoms with van der Waals surface area (Å²) in [6.07, 6.45) is 7.83. The molecule has 124 valence electrons. The first-order valence-corrected chi connectivity index (χ1v) is 8.28. The van der Waals surface area contributed by atoms with Crippen molar-refractivity contribution < 1.29 is 0 Å². The van der Waals surface area contributed by atoms with Crippen LogP contribution in [0.2, 0.25) is 0 Å². The fraction of sp³-hybridized carbons (Fsp3) is 0.412. The molecule has 7 nitrogen and oxygen atoms in total. The molecule has 1 fully saturated rings. The van der Waals surface area contributed by atoms with Crippen molar-refractivity contribution >= 4 is 17.4 Å². The van der Waals surface area contributed by atoms with Crippen LogP contribution in [0.3, 0.4) is 0 Å². The molecule has 0 bridgehead atoms. The lowest BCUT2D eigenvalue weighted by molar-refractivity contribution is 0.480. The number of fused-ring (bicyclic) bond motifs is 1. The molecular formula is C17H21N7. The Morgan fingerprint density at radius 3 is 2.96 bits per heavy atom. The number of hydrogen-bond acceptors (Lipinski definition) is 6. The molecule has 0 N–H and O–H groups in total. The average Bonchev–Trinajstić information content (AvgIpc) is 3.09. The van der Waals surface area contributed by atoms with Gasteiger partial charge in [0.05, 0.1) is 6.20 Å². The second kappa shape index (κ2) is 6.07. The molecule has 0 spiro atoms. The lowest BCUT2D eigenvalue weighted by Gasteiger charge is -2.38. The molecule has 1 aliphatic rings. The zero-order valence-electron chi connectivity index (χ0n) is 14.0. The van der Waals surface area contributed by atoms with Crippen LogP contribution in [0.1, 0.15) is 18.5 Å². The Hall–Kier alpha value is -2.70. The molecule has 7 heteroatoms. The van der Waals surface area contributed by atoms with Gasteiger partial charge >= 0.3 is 0 Å². The van der Waals surface area contributed by atoms with E-state index in [0.29, 0.717) is 6.04 Å². The van der Waals surface area contributed by atoms with Crippen molar-refractivity contribution in [2.75, 3.05) is 29.9 Å². The third-order valence-corrected chi connectivity index (χ3v) is 4.61. The van der Waals surface area contributed by atoms with Crippen LogP contribution in [-0.2, 0) is 0 Å². The topological polar surface area (TPSA) is 62.5 Å². The van der Waals surface area contributed by atoms with Crippen LogP contribution in [0.4, 0.5) is 11.8 Å². The second-order valence-electron chi connectivity index (χ2n) is 6.27. The van der Waals surface area contributed by atoms with Gasteiger partial charge in [-0.25, -0.2) is 19.5 Å². The Balaban J connectivity index is 1.54. The Morgan fingerprint density at radius 1 is 1.17 bits per heavy atom. The van der Waals surface area contributed by atoms with E-state index in [9.17, 15) is 0 Å². The number of aromatic nitrogens is 5.